The Kier molecular flexibility index (Phi) is 3.06. The van der Waals surface area contributed by atoms with Crippen LogP contribution in [0.5, 0.6) is 0 Å². The van der Waals surface area contributed by atoms with Crippen molar-refractivity contribution in [3.05, 3.63) is 0 Å². The summed E-state index contributed by atoms with van der Waals surface area (Å²) in [5, 5.41) is 3.13. The van der Waals surface area contributed by atoms with Gasteiger partial charge in [-0.05, 0) is 45.1 Å². The molecule has 1 aliphatic heterocycles. The molecular formula is C11H20N2O. The molecule has 2 fully saturated rings. The lowest BCUT2D eigenvalue weighted by Gasteiger charge is -2.23. The third-order valence-corrected chi connectivity index (χ3v) is 3.30. The first-order chi connectivity index (χ1) is 6.81. The Hall–Kier alpha value is -0.570. The predicted molar refractivity (Wildman–Crippen MR) is 56.0 cm³/mol. The lowest BCUT2D eigenvalue weighted by molar-refractivity contribution is -0.133. The van der Waals surface area contributed by atoms with Gasteiger partial charge in [0.25, 0.3) is 0 Å². The SMILES string of the molecule is CNC1CCCCN(CC2CC2)C1=O. The fraction of sp³-hybridized carbons (Fsp3) is 0.909. The maximum absolute atomic E-state index is 12.0. The Morgan fingerprint density at radius 2 is 2.14 bits per heavy atom. The smallest absolute Gasteiger partial charge is 0.239 e. The van der Waals surface area contributed by atoms with E-state index in [1.54, 1.807) is 0 Å². The zero-order chi connectivity index (χ0) is 9.97. The zero-order valence-electron chi connectivity index (χ0n) is 8.96. The quantitative estimate of drug-likeness (QED) is 0.730. The van der Waals surface area contributed by atoms with Crippen LogP contribution in [0.15, 0.2) is 0 Å². The summed E-state index contributed by atoms with van der Waals surface area (Å²) in [4.78, 5) is 14.1. The second-order valence-electron chi connectivity index (χ2n) is 4.56. The molecule has 1 aliphatic carbocycles. The van der Waals surface area contributed by atoms with E-state index in [9.17, 15) is 4.79 Å². The molecule has 2 aliphatic rings. The van der Waals surface area contributed by atoms with Crippen molar-refractivity contribution >= 4 is 5.91 Å². The van der Waals surface area contributed by atoms with Crippen LogP contribution < -0.4 is 5.32 Å². The Bertz CT molecular complexity index is 213. The third-order valence-electron chi connectivity index (χ3n) is 3.30. The number of hydrogen-bond acceptors (Lipinski definition) is 2. The van der Waals surface area contributed by atoms with Crippen molar-refractivity contribution in [2.45, 2.75) is 38.1 Å². The van der Waals surface area contributed by atoms with E-state index in [0.29, 0.717) is 5.91 Å². The van der Waals surface area contributed by atoms with Gasteiger partial charge in [-0.1, -0.05) is 0 Å². The molecule has 0 aromatic heterocycles. The maximum Gasteiger partial charge on any atom is 0.239 e. The molecule has 14 heavy (non-hydrogen) atoms. The Morgan fingerprint density at radius 3 is 2.79 bits per heavy atom. The summed E-state index contributed by atoms with van der Waals surface area (Å²) in [7, 11) is 1.89. The second kappa shape index (κ2) is 4.30. The lowest BCUT2D eigenvalue weighted by Crippen LogP contribution is -2.44. The first kappa shape index (κ1) is 9.97. The minimum atomic E-state index is 0.0799. The van der Waals surface area contributed by atoms with Crippen LogP contribution in [0.4, 0.5) is 0 Å². The van der Waals surface area contributed by atoms with Crippen molar-refractivity contribution in [3.8, 4) is 0 Å². The second-order valence-corrected chi connectivity index (χ2v) is 4.56. The number of carbonyl (C=O) groups excluding carboxylic acids is 1. The predicted octanol–water partition coefficient (Wildman–Crippen LogP) is 0.997. The van der Waals surface area contributed by atoms with Crippen LogP contribution in [-0.4, -0.2) is 37.0 Å². The molecule has 1 saturated heterocycles. The average Bonchev–Trinajstić information content (AvgIpc) is 2.99. The molecule has 1 heterocycles. The zero-order valence-corrected chi connectivity index (χ0v) is 8.96. The third kappa shape index (κ3) is 2.27. The molecule has 1 unspecified atom stereocenters. The molecule has 0 aromatic rings. The van der Waals surface area contributed by atoms with Crippen LogP contribution in [0.1, 0.15) is 32.1 Å². The fourth-order valence-electron chi connectivity index (χ4n) is 2.17. The lowest BCUT2D eigenvalue weighted by atomic mass is 10.1. The van der Waals surface area contributed by atoms with E-state index in [4.69, 9.17) is 0 Å². The van der Waals surface area contributed by atoms with Crippen molar-refractivity contribution in [1.29, 1.82) is 0 Å². The highest BCUT2D eigenvalue weighted by atomic mass is 16.2. The number of nitrogens with one attached hydrogen (secondary N) is 1. The molecule has 1 atom stereocenters. The van der Waals surface area contributed by atoms with Crippen LogP contribution in [0.2, 0.25) is 0 Å². The Morgan fingerprint density at radius 1 is 1.36 bits per heavy atom. The normalized spacial score (nSPS) is 29.1. The van der Waals surface area contributed by atoms with E-state index >= 15 is 0 Å². The molecule has 3 heteroatoms. The number of rotatable bonds is 3. The van der Waals surface area contributed by atoms with E-state index in [1.165, 1.54) is 25.7 Å². The van der Waals surface area contributed by atoms with E-state index in [0.717, 1.165) is 25.4 Å². The van der Waals surface area contributed by atoms with Gasteiger partial charge in [-0.15, -0.1) is 0 Å². The van der Waals surface area contributed by atoms with E-state index < -0.39 is 0 Å². The summed E-state index contributed by atoms with van der Waals surface area (Å²) < 4.78 is 0. The molecule has 1 saturated carbocycles. The van der Waals surface area contributed by atoms with Crippen LogP contribution in [-0.2, 0) is 4.79 Å². The number of likely N-dealkylation sites (tertiary alicyclic amines) is 1. The van der Waals surface area contributed by atoms with Crippen molar-refractivity contribution in [3.63, 3.8) is 0 Å². The Labute approximate surface area is 85.8 Å². The monoisotopic (exact) mass is 196 g/mol. The average molecular weight is 196 g/mol. The topological polar surface area (TPSA) is 32.3 Å². The molecule has 0 spiro atoms. The number of nitrogens with zero attached hydrogens (tertiary/aromatic N) is 1. The highest BCUT2D eigenvalue weighted by molar-refractivity contribution is 5.82. The van der Waals surface area contributed by atoms with Gasteiger partial charge in [0.15, 0.2) is 0 Å². The van der Waals surface area contributed by atoms with Crippen molar-refractivity contribution in [1.82, 2.24) is 10.2 Å². The summed E-state index contributed by atoms with van der Waals surface area (Å²) in [6, 6.07) is 0.0799. The summed E-state index contributed by atoms with van der Waals surface area (Å²) >= 11 is 0. The molecule has 1 N–H and O–H groups in total. The fourth-order valence-corrected chi connectivity index (χ4v) is 2.17. The van der Waals surface area contributed by atoms with E-state index in [1.807, 2.05) is 7.05 Å². The summed E-state index contributed by atoms with van der Waals surface area (Å²) in [6.45, 7) is 1.99. The van der Waals surface area contributed by atoms with Gasteiger partial charge in [-0.25, -0.2) is 0 Å². The van der Waals surface area contributed by atoms with Crippen LogP contribution in [0.3, 0.4) is 0 Å². The summed E-state index contributed by atoms with van der Waals surface area (Å²) in [5.41, 5.74) is 0. The van der Waals surface area contributed by atoms with E-state index in [2.05, 4.69) is 10.2 Å². The van der Waals surface area contributed by atoms with Gasteiger partial charge in [0.05, 0.1) is 6.04 Å². The van der Waals surface area contributed by atoms with Gasteiger partial charge in [0, 0.05) is 13.1 Å². The number of likely N-dealkylation sites (N-methyl/N-ethyl adjacent to an activating group) is 1. The van der Waals surface area contributed by atoms with Crippen molar-refractivity contribution in [2.24, 2.45) is 5.92 Å². The van der Waals surface area contributed by atoms with Crippen molar-refractivity contribution < 1.29 is 4.79 Å². The van der Waals surface area contributed by atoms with Crippen LogP contribution in [0.25, 0.3) is 0 Å². The molecule has 1 amide bonds. The molecule has 2 rings (SSSR count). The summed E-state index contributed by atoms with van der Waals surface area (Å²) in [5.74, 6) is 1.14. The first-order valence-electron chi connectivity index (χ1n) is 5.77. The molecule has 80 valence electrons. The number of amides is 1. The van der Waals surface area contributed by atoms with Gasteiger partial charge in [0.1, 0.15) is 0 Å². The van der Waals surface area contributed by atoms with Gasteiger partial charge < -0.3 is 10.2 Å². The van der Waals surface area contributed by atoms with Gasteiger partial charge in [-0.3, -0.25) is 4.79 Å². The highest BCUT2D eigenvalue weighted by Gasteiger charge is 2.30. The maximum atomic E-state index is 12.0. The van der Waals surface area contributed by atoms with E-state index in [-0.39, 0.29) is 6.04 Å². The highest BCUT2D eigenvalue weighted by Crippen LogP contribution is 2.30. The number of hydrogen-bond donors (Lipinski definition) is 1. The standard InChI is InChI=1S/C11H20N2O/c1-12-10-4-2-3-7-13(11(10)14)8-9-5-6-9/h9-10,12H,2-8H2,1H3. The Balaban J connectivity index is 1.94. The van der Waals surface area contributed by atoms with Crippen LogP contribution in [0, 0.1) is 5.92 Å². The molecule has 0 radical (unpaired) electrons. The molecule has 0 aromatic carbocycles. The number of carbonyl (C=O) groups is 1. The van der Waals surface area contributed by atoms with Crippen LogP contribution >= 0.6 is 0 Å². The summed E-state index contributed by atoms with van der Waals surface area (Å²) in [6.07, 6.45) is 6.02. The molecular weight excluding hydrogens is 176 g/mol. The van der Waals surface area contributed by atoms with Crippen molar-refractivity contribution in [2.75, 3.05) is 20.1 Å². The first-order valence-corrected chi connectivity index (χ1v) is 5.77. The van der Waals surface area contributed by atoms with Gasteiger partial charge in [-0.2, -0.15) is 0 Å². The van der Waals surface area contributed by atoms with Gasteiger partial charge in [0.2, 0.25) is 5.91 Å². The largest absolute Gasteiger partial charge is 0.341 e. The van der Waals surface area contributed by atoms with Gasteiger partial charge >= 0.3 is 0 Å². The minimum absolute atomic E-state index is 0.0799. The molecule has 3 nitrogen and oxygen atoms in total. The minimum Gasteiger partial charge on any atom is -0.341 e. The molecule has 0 bridgehead atoms.